The summed E-state index contributed by atoms with van der Waals surface area (Å²) in [4.78, 5) is 23.7. The number of carboxylic acids is 1. The molecule has 0 spiro atoms. The molecule has 0 radical (unpaired) electrons. The first-order chi connectivity index (χ1) is 16.7. The number of carboxylic acid groups (broad SMARTS) is 1. The van der Waals surface area contributed by atoms with Crippen LogP contribution in [0, 0.1) is 0 Å². The molecule has 0 aliphatic heterocycles. The van der Waals surface area contributed by atoms with E-state index in [9.17, 15) is 23.1 Å². The van der Waals surface area contributed by atoms with Gasteiger partial charge in [0.25, 0.3) is 0 Å². The Morgan fingerprint density at radius 3 is 2.14 bits per heavy atom. The SMILES string of the molecule is O=C(O)c1ccc(S(=O)(=O)Oc2ccc(C(=O)c3ccccc3Cl)cc2-c2ccccc2)cc1O. The van der Waals surface area contributed by atoms with Gasteiger partial charge in [-0.1, -0.05) is 54.1 Å². The Kier molecular flexibility index (Phi) is 6.59. The van der Waals surface area contributed by atoms with Gasteiger partial charge in [-0.3, -0.25) is 4.79 Å². The number of aromatic carboxylic acids is 1. The van der Waals surface area contributed by atoms with Crippen LogP contribution < -0.4 is 4.18 Å². The summed E-state index contributed by atoms with van der Waals surface area (Å²) in [5.74, 6) is -2.53. The average molecular weight is 509 g/mol. The van der Waals surface area contributed by atoms with Crippen LogP contribution >= 0.6 is 11.6 Å². The normalized spacial score (nSPS) is 11.1. The third-order valence-electron chi connectivity index (χ3n) is 5.13. The van der Waals surface area contributed by atoms with Gasteiger partial charge in [-0.05, 0) is 48.0 Å². The summed E-state index contributed by atoms with van der Waals surface area (Å²) in [7, 11) is -4.46. The van der Waals surface area contributed by atoms with Crippen LogP contribution in [0.1, 0.15) is 26.3 Å². The largest absolute Gasteiger partial charge is 0.507 e. The molecule has 0 aliphatic rings. The topological polar surface area (TPSA) is 118 Å². The van der Waals surface area contributed by atoms with Crippen LogP contribution in [0.15, 0.2) is 95.9 Å². The molecule has 4 aromatic rings. The molecule has 0 amide bonds. The van der Waals surface area contributed by atoms with Crippen LogP contribution in [0.5, 0.6) is 11.5 Å². The molecule has 0 fully saturated rings. The lowest BCUT2D eigenvalue weighted by atomic mass is 9.97. The fourth-order valence-electron chi connectivity index (χ4n) is 3.40. The van der Waals surface area contributed by atoms with E-state index in [0.717, 1.165) is 18.2 Å². The van der Waals surface area contributed by atoms with Gasteiger partial charge in [0.1, 0.15) is 16.2 Å². The second kappa shape index (κ2) is 9.61. The van der Waals surface area contributed by atoms with Crippen molar-refractivity contribution >= 4 is 33.5 Å². The van der Waals surface area contributed by atoms with E-state index < -0.39 is 32.3 Å². The van der Waals surface area contributed by atoms with Crippen molar-refractivity contribution in [3.63, 3.8) is 0 Å². The maximum absolute atomic E-state index is 13.1. The van der Waals surface area contributed by atoms with Crippen LogP contribution in [0.4, 0.5) is 0 Å². The van der Waals surface area contributed by atoms with Crippen molar-refractivity contribution in [3.05, 3.63) is 113 Å². The summed E-state index contributed by atoms with van der Waals surface area (Å²) in [5.41, 5.74) is 1.04. The Labute approximate surface area is 205 Å². The molecule has 0 heterocycles. The van der Waals surface area contributed by atoms with Crippen molar-refractivity contribution in [1.82, 2.24) is 0 Å². The molecule has 0 aromatic heterocycles. The number of carbonyl (C=O) groups is 2. The zero-order chi connectivity index (χ0) is 25.2. The van der Waals surface area contributed by atoms with Crippen LogP contribution in [-0.4, -0.2) is 30.4 Å². The van der Waals surface area contributed by atoms with E-state index in [1.165, 1.54) is 18.2 Å². The molecule has 0 bridgehead atoms. The lowest BCUT2D eigenvalue weighted by Gasteiger charge is -2.14. The van der Waals surface area contributed by atoms with E-state index in [-0.39, 0.29) is 22.1 Å². The van der Waals surface area contributed by atoms with Gasteiger partial charge in [-0.15, -0.1) is 0 Å². The highest BCUT2D eigenvalue weighted by molar-refractivity contribution is 7.87. The zero-order valence-corrected chi connectivity index (χ0v) is 19.5. The van der Waals surface area contributed by atoms with Crippen molar-refractivity contribution in [3.8, 4) is 22.6 Å². The van der Waals surface area contributed by atoms with Gasteiger partial charge >= 0.3 is 16.1 Å². The number of benzene rings is 4. The Hall–Kier alpha value is -4.14. The monoisotopic (exact) mass is 508 g/mol. The lowest BCUT2D eigenvalue weighted by molar-refractivity contribution is 0.0693. The summed E-state index contributed by atoms with van der Waals surface area (Å²) < 4.78 is 31.2. The average Bonchev–Trinajstić information content (AvgIpc) is 2.84. The van der Waals surface area contributed by atoms with Gasteiger partial charge in [0, 0.05) is 22.8 Å². The van der Waals surface area contributed by atoms with Gasteiger partial charge < -0.3 is 14.4 Å². The molecular formula is C26H17ClO7S. The van der Waals surface area contributed by atoms with Crippen molar-refractivity contribution in [2.45, 2.75) is 4.90 Å². The van der Waals surface area contributed by atoms with Gasteiger partial charge in [-0.25, -0.2) is 4.79 Å². The molecule has 2 N–H and O–H groups in total. The first-order valence-corrected chi connectivity index (χ1v) is 12.0. The number of ketones is 1. The number of hydrogen-bond donors (Lipinski definition) is 2. The maximum atomic E-state index is 13.1. The van der Waals surface area contributed by atoms with Crippen molar-refractivity contribution in [2.75, 3.05) is 0 Å². The Morgan fingerprint density at radius 1 is 0.800 bits per heavy atom. The predicted octanol–water partition coefficient (Wildman–Crippen LogP) is 5.41. The van der Waals surface area contributed by atoms with E-state index in [4.69, 9.17) is 20.9 Å². The molecular weight excluding hydrogens is 492 g/mol. The quantitative estimate of drug-likeness (QED) is 0.253. The molecule has 0 atom stereocenters. The van der Waals surface area contributed by atoms with E-state index in [1.807, 2.05) is 0 Å². The van der Waals surface area contributed by atoms with Crippen molar-refractivity contribution in [2.24, 2.45) is 0 Å². The summed E-state index contributed by atoms with van der Waals surface area (Å²) >= 11 is 6.17. The van der Waals surface area contributed by atoms with Crippen molar-refractivity contribution in [1.29, 1.82) is 0 Å². The van der Waals surface area contributed by atoms with Gasteiger partial charge in [0.15, 0.2) is 11.5 Å². The third kappa shape index (κ3) is 5.03. The molecule has 35 heavy (non-hydrogen) atoms. The molecule has 0 unspecified atom stereocenters. The minimum absolute atomic E-state index is 0.0614. The molecule has 4 aromatic carbocycles. The highest BCUT2D eigenvalue weighted by Gasteiger charge is 2.23. The Balaban J connectivity index is 1.77. The van der Waals surface area contributed by atoms with Crippen molar-refractivity contribution < 1.29 is 32.4 Å². The van der Waals surface area contributed by atoms with Crippen LogP contribution in [0.25, 0.3) is 11.1 Å². The molecule has 9 heteroatoms. The third-order valence-corrected chi connectivity index (χ3v) is 6.69. The number of hydrogen-bond acceptors (Lipinski definition) is 6. The number of carbonyl (C=O) groups excluding carboxylic acids is 1. The molecule has 0 saturated carbocycles. The Morgan fingerprint density at radius 2 is 1.49 bits per heavy atom. The zero-order valence-electron chi connectivity index (χ0n) is 17.9. The summed E-state index contributed by atoms with van der Waals surface area (Å²) in [6.45, 7) is 0. The molecule has 0 saturated heterocycles. The van der Waals surface area contributed by atoms with E-state index in [0.29, 0.717) is 16.7 Å². The highest BCUT2D eigenvalue weighted by atomic mass is 35.5. The summed E-state index contributed by atoms with van der Waals surface area (Å²) in [6, 6.07) is 22.4. The van der Waals surface area contributed by atoms with Crippen LogP contribution in [-0.2, 0) is 10.1 Å². The Bertz CT molecular complexity index is 1550. The van der Waals surface area contributed by atoms with Crippen LogP contribution in [0.2, 0.25) is 5.02 Å². The first-order valence-electron chi connectivity index (χ1n) is 10.2. The predicted molar refractivity (Wildman–Crippen MR) is 130 cm³/mol. The highest BCUT2D eigenvalue weighted by Crippen LogP contribution is 2.35. The smallest absolute Gasteiger partial charge is 0.339 e. The van der Waals surface area contributed by atoms with E-state index in [2.05, 4.69) is 0 Å². The van der Waals surface area contributed by atoms with E-state index >= 15 is 0 Å². The number of halogens is 1. The number of phenols is 1. The molecule has 7 nitrogen and oxygen atoms in total. The first kappa shape index (κ1) is 24.0. The van der Waals surface area contributed by atoms with Gasteiger partial charge in [-0.2, -0.15) is 8.42 Å². The van der Waals surface area contributed by atoms with E-state index in [1.54, 1.807) is 54.6 Å². The van der Waals surface area contributed by atoms with Gasteiger partial charge in [0.05, 0.1) is 5.02 Å². The van der Waals surface area contributed by atoms with Crippen LogP contribution in [0.3, 0.4) is 0 Å². The second-order valence-electron chi connectivity index (χ2n) is 7.41. The number of rotatable bonds is 7. The standard InChI is InChI=1S/C26H17ClO7S/c27-22-9-5-4-8-19(22)25(29)17-10-13-24(21(14-17)16-6-2-1-3-7-16)34-35(32,33)18-11-12-20(26(30)31)23(28)15-18/h1-15,28H,(H,30,31). The molecule has 176 valence electrons. The second-order valence-corrected chi connectivity index (χ2v) is 9.36. The molecule has 0 aliphatic carbocycles. The minimum atomic E-state index is -4.46. The lowest BCUT2D eigenvalue weighted by Crippen LogP contribution is -2.11. The maximum Gasteiger partial charge on any atom is 0.339 e. The summed E-state index contributed by atoms with van der Waals surface area (Å²) in [6.07, 6.45) is 0. The summed E-state index contributed by atoms with van der Waals surface area (Å²) in [5, 5.41) is 19.2. The van der Waals surface area contributed by atoms with Gasteiger partial charge in [0.2, 0.25) is 0 Å². The fourth-order valence-corrected chi connectivity index (χ4v) is 4.59. The minimum Gasteiger partial charge on any atom is -0.507 e. The molecule has 4 rings (SSSR count). The fraction of sp³-hybridized carbons (Fsp3) is 0. The number of aromatic hydroxyl groups is 1.